The van der Waals surface area contributed by atoms with E-state index in [2.05, 4.69) is 10.8 Å². The van der Waals surface area contributed by atoms with E-state index in [1.165, 1.54) is 6.92 Å². The van der Waals surface area contributed by atoms with Gasteiger partial charge in [-0.1, -0.05) is 48.5 Å². The van der Waals surface area contributed by atoms with E-state index < -0.39 is 35.7 Å². The highest BCUT2D eigenvalue weighted by atomic mass is 16.7. The van der Waals surface area contributed by atoms with Gasteiger partial charge < -0.3 is 15.2 Å². The first-order valence-corrected chi connectivity index (χ1v) is 9.33. The molecule has 0 radical (unpaired) electrons. The van der Waals surface area contributed by atoms with Crippen LogP contribution >= 0.6 is 0 Å². The van der Waals surface area contributed by atoms with Crippen molar-refractivity contribution < 1.29 is 29.1 Å². The Kier molecular flexibility index (Phi) is 6.48. The van der Waals surface area contributed by atoms with Crippen molar-refractivity contribution in [1.29, 1.82) is 0 Å². The fourth-order valence-corrected chi connectivity index (χ4v) is 2.86. The lowest BCUT2D eigenvalue weighted by molar-refractivity contribution is -0.146. The van der Waals surface area contributed by atoms with Gasteiger partial charge in [0.2, 0.25) is 0 Å². The number of hydrogen-bond acceptors (Lipinski definition) is 6. The Morgan fingerprint density at radius 3 is 2.37 bits per heavy atom. The van der Waals surface area contributed by atoms with Crippen LogP contribution in [0.15, 0.2) is 66.7 Å². The summed E-state index contributed by atoms with van der Waals surface area (Å²) < 4.78 is 5.39. The summed E-state index contributed by atoms with van der Waals surface area (Å²) >= 11 is 0. The number of ether oxygens (including phenoxy) is 1. The maximum Gasteiger partial charge on any atom is 0.305 e. The van der Waals surface area contributed by atoms with Crippen LogP contribution in [0, 0.1) is 0 Å². The minimum atomic E-state index is -1.41. The van der Waals surface area contributed by atoms with Crippen LogP contribution < -0.4 is 15.5 Å². The smallest absolute Gasteiger partial charge is 0.305 e. The summed E-state index contributed by atoms with van der Waals surface area (Å²) in [6.45, 7) is 1.15. The molecule has 1 aliphatic heterocycles. The van der Waals surface area contributed by atoms with Gasteiger partial charge in [-0.25, -0.2) is 0 Å². The highest BCUT2D eigenvalue weighted by Crippen LogP contribution is 2.26. The zero-order valence-corrected chi connectivity index (χ0v) is 16.3. The third-order valence-electron chi connectivity index (χ3n) is 4.53. The van der Waals surface area contributed by atoms with Gasteiger partial charge in [0.1, 0.15) is 18.4 Å². The summed E-state index contributed by atoms with van der Waals surface area (Å²) in [4.78, 5) is 42.0. The van der Waals surface area contributed by atoms with E-state index in [1.807, 2.05) is 30.3 Å². The molecule has 1 unspecified atom stereocenters. The highest BCUT2D eigenvalue weighted by Gasteiger charge is 2.40. The minimum Gasteiger partial charge on any atom is -0.486 e. The third-order valence-corrected chi connectivity index (χ3v) is 4.53. The van der Waals surface area contributed by atoms with Gasteiger partial charge in [0, 0.05) is 0 Å². The molecule has 3 N–H and O–H groups in total. The molecule has 8 nitrogen and oxygen atoms in total. The van der Waals surface area contributed by atoms with E-state index in [1.54, 1.807) is 36.4 Å². The Balaban J connectivity index is 1.68. The molecule has 1 heterocycles. The fourth-order valence-electron chi connectivity index (χ4n) is 2.86. The number of hydroxylamine groups is 1. The number of aliphatic carboxylic acids is 1. The summed E-state index contributed by atoms with van der Waals surface area (Å²) in [5, 5.41) is 11.6. The summed E-state index contributed by atoms with van der Waals surface area (Å²) in [7, 11) is 0. The standard InChI is InChI=1S/C22H22N2O6/c1-22(13-18(24-30-22)15-8-4-2-5-9-15)21(28)23-17(12-20(26)27)19(25)14-29-16-10-6-3-7-11-16/h2-11,13,17,24H,12,14H2,1H3,(H,23,28)(H,26,27)/t17-,22?/m0/s1. The maximum absolute atomic E-state index is 12.8. The number of hydrogen-bond donors (Lipinski definition) is 3. The number of para-hydroxylation sites is 1. The van der Waals surface area contributed by atoms with Crippen molar-refractivity contribution in [2.75, 3.05) is 6.61 Å². The lowest BCUT2D eigenvalue weighted by Gasteiger charge is -2.23. The second-order valence-corrected chi connectivity index (χ2v) is 6.93. The van der Waals surface area contributed by atoms with Gasteiger partial charge in [0.25, 0.3) is 5.91 Å². The largest absolute Gasteiger partial charge is 0.486 e. The summed E-state index contributed by atoms with van der Waals surface area (Å²) in [6.07, 6.45) is 1.02. The zero-order valence-electron chi connectivity index (χ0n) is 16.3. The lowest BCUT2D eigenvalue weighted by Crippen LogP contribution is -2.52. The van der Waals surface area contributed by atoms with Crippen LogP contribution in [-0.4, -0.2) is 41.0 Å². The van der Waals surface area contributed by atoms with Crippen molar-refractivity contribution in [2.45, 2.75) is 25.0 Å². The lowest BCUT2D eigenvalue weighted by atomic mass is 10.0. The van der Waals surface area contributed by atoms with Gasteiger partial charge in [0.05, 0.1) is 12.1 Å². The number of Topliss-reactive ketones (excluding diaryl/α,β-unsaturated/α-hetero) is 1. The number of carboxylic acids is 1. The quantitative estimate of drug-likeness (QED) is 0.579. The molecule has 0 saturated carbocycles. The average Bonchev–Trinajstić information content (AvgIpc) is 3.16. The number of benzene rings is 2. The molecule has 8 heteroatoms. The maximum atomic E-state index is 12.8. The van der Waals surface area contributed by atoms with Gasteiger partial charge in [-0.3, -0.25) is 24.7 Å². The minimum absolute atomic E-state index is 0.372. The zero-order chi connectivity index (χ0) is 21.6. The summed E-state index contributed by atoms with van der Waals surface area (Å²) in [5.41, 5.74) is 2.72. The van der Waals surface area contributed by atoms with E-state index in [9.17, 15) is 14.4 Å². The van der Waals surface area contributed by atoms with Crippen LogP contribution in [0.2, 0.25) is 0 Å². The Bertz CT molecular complexity index is 945. The Hall–Kier alpha value is -3.65. The molecular weight excluding hydrogens is 388 g/mol. The second kappa shape index (κ2) is 9.23. The first kappa shape index (κ1) is 21.1. The number of rotatable bonds is 9. The molecule has 0 aromatic heterocycles. The van der Waals surface area contributed by atoms with E-state index >= 15 is 0 Å². The van der Waals surface area contributed by atoms with Crippen LogP contribution in [0.5, 0.6) is 5.75 Å². The molecule has 0 aliphatic carbocycles. The van der Waals surface area contributed by atoms with Gasteiger partial charge in [-0.2, -0.15) is 0 Å². The van der Waals surface area contributed by atoms with Crippen LogP contribution in [0.3, 0.4) is 0 Å². The van der Waals surface area contributed by atoms with Crippen molar-refractivity contribution in [3.63, 3.8) is 0 Å². The topological polar surface area (TPSA) is 114 Å². The first-order chi connectivity index (χ1) is 14.4. The molecule has 0 spiro atoms. The molecule has 30 heavy (non-hydrogen) atoms. The van der Waals surface area contributed by atoms with E-state index in [0.717, 1.165) is 5.56 Å². The molecule has 3 rings (SSSR count). The summed E-state index contributed by atoms with van der Waals surface area (Å²) in [6, 6.07) is 16.7. The van der Waals surface area contributed by atoms with Crippen LogP contribution in [0.25, 0.3) is 5.70 Å². The number of carbonyl (C=O) groups is 3. The van der Waals surface area contributed by atoms with Gasteiger partial charge in [-0.15, -0.1) is 0 Å². The van der Waals surface area contributed by atoms with Gasteiger partial charge >= 0.3 is 5.97 Å². The summed E-state index contributed by atoms with van der Waals surface area (Å²) in [5.74, 6) is -1.95. The van der Waals surface area contributed by atoms with E-state index in [-0.39, 0.29) is 6.61 Å². The van der Waals surface area contributed by atoms with Crippen LogP contribution in [0.1, 0.15) is 18.9 Å². The Morgan fingerprint density at radius 1 is 1.10 bits per heavy atom. The first-order valence-electron chi connectivity index (χ1n) is 9.33. The van der Waals surface area contributed by atoms with Crippen molar-refractivity contribution >= 4 is 23.4 Å². The molecule has 0 bridgehead atoms. The van der Waals surface area contributed by atoms with Gasteiger partial charge in [0.15, 0.2) is 11.4 Å². The predicted molar refractivity (Wildman–Crippen MR) is 108 cm³/mol. The number of nitrogens with one attached hydrogen (secondary N) is 2. The molecule has 156 valence electrons. The van der Waals surface area contributed by atoms with Crippen molar-refractivity contribution in [3.8, 4) is 5.75 Å². The van der Waals surface area contributed by atoms with E-state index in [4.69, 9.17) is 14.7 Å². The van der Waals surface area contributed by atoms with E-state index in [0.29, 0.717) is 11.4 Å². The van der Waals surface area contributed by atoms with Crippen molar-refractivity contribution in [2.24, 2.45) is 0 Å². The highest BCUT2D eigenvalue weighted by molar-refractivity contribution is 5.96. The molecule has 2 aromatic rings. The average molecular weight is 410 g/mol. The molecule has 1 amide bonds. The molecule has 0 fully saturated rings. The number of amides is 1. The monoisotopic (exact) mass is 410 g/mol. The second-order valence-electron chi connectivity index (χ2n) is 6.93. The van der Waals surface area contributed by atoms with Crippen molar-refractivity contribution in [3.05, 3.63) is 72.3 Å². The van der Waals surface area contributed by atoms with Gasteiger partial charge in [-0.05, 0) is 30.7 Å². The Morgan fingerprint density at radius 2 is 1.73 bits per heavy atom. The molecule has 0 saturated heterocycles. The van der Waals surface area contributed by atoms with Crippen LogP contribution in [-0.2, 0) is 19.2 Å². The number of carboxylic acid groups (broad SMARTS) is 1. The number of ketones is 1. The fraction of sp³-hybridized carbons (Fsp3) is 0.227. The molecule has 2 aromatic carbocycles. The van der Waals surface area contributed by atoms with Crippen LogP contribution in [0.4, 0.5) is 0 Å². The normalized spacial score (nSPS) is 18.6. The predicted octanol–water partition coefficient (Wildman–Crippen LogP) is 1.93. The Labute approximate surface area is 173 Å². The third kappa shape index (κ3) is 5.24. The molecular formula is C22H22N2O6. The number of carbonyl (C=O) groups excluding carboxylic acids is 2. The SMILES string of the molecule is CC1(C(=O)N[C@@H](CC(=O)O)C(=O)COc2ccccc2)C=C(c2ccccc2)NO1. The molecule has 2 atom stereocenters. The molecule has 1 aliphatic rings. The van der Waals surface area contributed by atoms with Crippen molar-refractivity contribution in [1.82, 2.24) is 10.8 Å².